The minimum absolute atomic E-state index is 0.163. The Bertz CT molecular complexity index is 896. The molecule has 212 valence electrons. The van der Waals surface area contributed by atoms with Crippen LogP contribution in [0.1, 0.15) is 103 Å². The van der Waals surface area contributed by atoms with E-state index in [0.717, 1.165) is 36.2 Å². The van der Waals surface area contributed by atoms with E-state index in [9.17, 15) is 4.79 Å². The van der Waals surface area contributed by atoms with Gasteiger partial charge in [-0.25, -0.2) is 0 Å². The van der Waals surface area contributed by atoms with Crippen LogP contribution in [0.25, 0.3) is 0 Å². The average Bonchev–Trinajstić information content (AvgIpc) is 2.91. The van der Waals surface area contributed by atoms with E-state index in [1.54, 1.807) is 0 Å². The number of hydrogen-bond donors (Lipinski definition) is 0. The Morgan fingerprint density at radius 2 is 1.39 bits per heavy atom. The van der Waals surface area contributed by atoms with Crippen LogP contribution in [0.3, 0.4) is 0 Å². The number of ether oxygens (including phenoxy) is 2. The van der Waals surface area contributed by atoms with Gasteiger partial charge in [0, 0.05) is 12.0 Å². The van der Waals surface area contributed by atoms with E-state index in [-0.39, 0.29) is 11.9 Å². The number of carbonyl (C=O) groups excluding carboxylic acids is 1. The van der Waals surface area contributed by atoms with Crippen LogP contribution in [0, 0.1) is 5.92 Å². The van der Waals surface area contributed by atoms with Gasteiger partial charge in [0.15, 0.2) is 0 Å². The van der Waals surface area contributed by atoms with Crippen molar-refractivity contribution in [2.45, 2.75) is 111 Å². The molecule has 0 radical (unpaired) electrons. The molecule has 4 heteroatoms. The van der Waals surface area contributed by atoms with Gasteiger partial charge in [-0.2, -0.15) is 0 Å². The van der Waals surface area contributed by atoms with Gasteiger partial charge in [-0.05, 0) is 37.0 Å². The molecule has 0 aromatic heterocycles. The Balaban J connectivity index is 1.79. The van der Waals surface area contributed by atoms with Gasteiger partial charge in [0.1, 0.15) is 18.2 Å². The second-order valence-corrected chi connectivity index (χ2v) is 11.5. The third kappa shape index (κ3) is 13.0. The summed E-state index contributed by atoms with van der Waals surface area (Å²) >= 11 is 0. The third-order valence-corrected chi connectivity index (χ3v) is 7.31. The first-order valence-electron chi connectivity index (χ1n) is 15.2. The van der Waals surface area contributed by atoms with Crippen molar-refractivity contribution in [1.82, 2.24) is 0 Å². The largest absolute Gasteiger partial charge is 0.455 e. The van der Waals surface area contributed by atoms with Crippen LogP contribution in [0.15, 0.2) is 54.6 Å². The summed E-state index contributed by atoms with van der Waals surface area (Å²) in [7, 11) is 4.35. The molecule has 0 saturated heterocycles. The predicted octanol–water partition coefficient (Wildman–Crippen LogP) is 8.72. The molecule has 0 spiro atoms. The van der Waals surface area contributed by atoms with Crippen molar-refractivity contribution in [2.24, 2.45) is 5.92 Å². The molecule has 0 aliphatic carbocycles. The van der Waals surface area contributed by atoms with Crippen LogP contribution in [-0.2, 0) is 22.5 Å². The molecule has 4 nitrogen and oxygen atoms in total. The number of nitrogens with zero attached hydrogens (tertiary/aromatic N) is 1. The van der Waals surface area contributed by atoms with Crippen LogP contribution < -0.4 is 4.74 Å². The highest BCUT2D eigenvalue weighted by molar-refractivity contribution is 5.72. The Kier molecular flexibility index (Phi) is 15.1. The van der Waals surface area contributed by atoms with Gasteiger partial charge in [0.25, 0.3) is 0 Å². The van der Waals surface area contributed by atoms with Gasteiger partial charge in [0.2, 0.25) is 6.29 Å². The second kappa shape index (κ2) is 18.0. The first kappa shape index (κ1) is 31.9. The third-order valence-electron chi connectivity index (χ3n) is 7.31. The van der Waals surface area contributed by atoms with Crippen molar-refractivity contribution in [1.29, 1.82) is 0 Å². The van der Waals surface area contributed by atoms with Crippen molar-refractivity contribution in [2.75, 3.05) is 20.6 Å². The topological polar surface area (TPSA) is 35.5 Å². The Morgan fingerprint density at radius 1 is 0.763 bits per heavy atom. The summed E-state index contributed by atoms with van der Waals surface area (Å²) in [5, 5.41) is 0. The van der Waals surface area contributed by atoms with Crippen LogP contribution in [-0.4, -0.2) is 37.4 Å². The van der Waals surface area contributed by atoms with Crippen LogP contribution in [0.4, 0.5) is 0 Å². The van der Waals surface area contributed by atoms with Crippen molar-refractivity contribution in [3.05, 3.63) is 65.7 Å². The summed E-state index contributed by atoms with van der Waals surface area (Å²) in [5.41, 5.74) is 2.57. The number of aryl methyl sites for hydroxylation is 1. The maximum atomic E-state index is 13.1. The molecule has 0 saturated carbocycles. The number of benzene rings is 2. The fraction of sp³-hybridized carbons (Fsp3) is 0.618. The lowest BCUT2D eigenvalue weighted by molar-refractivity contribution is -0.906. The second-order valence-electron chi connectivity index (χ2n) is 11.5. The van der Waals surface area contributed by atoms with Crippen molar-refractivity contribution in [3.63, 3.8) is 0 Å². The molecule has 2 aromatic carbocycles. The fourth-order valence-electron chi connectivity index (χ4n) is 5.09. The van der Waals surface area contributed by atoms with Crippen molar-refractivity contribution >= 4 is 5.97 Å². The van der Waals surface area contributed by atoms with Crippen LogP contribution >= 0.6 is 0 Å². The van der Waals surface area contributed by atoms with E-state index in [4.69, 9.17) is 9.47 Å². The van der Waals surface area contributed by atoms with E-state index in [1.165, 1.54) is 68.9 Å². The lowest BCUT2D eigenvalue weighted by Gasteiger charge is -2.33. The van der Waals surface area contributed by atoms with E-state index in [2.05, 4.69) is 64.3 Å². The molecule has 2 unspecified atom stereocenters. The van der Waals surface area contributed by atoms with Gasteiger partial charge in [-0.1, -0.05) is 115 Å². The number of rotatable bonds is 20. The molecule has 0 aliphatic heterocycles. The van der Waals surface area contributed by atoms with Gasteiger partial charge < -0.3 is 14.0 Å². The minimum Gasteiger partial charge on any atom is -0.455 e. The van der Waals surface area contributed by atoms with E-state index >= 15 is 0 Å². The SMILES string of the molecule is CCCCCCCCCCCc1cccc(OC(CC)OC(=O)C(CC)C[N+](C)(C)Cc2ccccc2)c1. The Hall–Kier alpha value is -2.33. The standard InChI is InChI=1S/C34H54NO3/c1-6-9-10-11-12-13-14-15-17-21-29-24-20-25-32(26-29)37-33(8-3)38-34(36)31(7-2)28-35(4,5)27-30-22-18-16-19-23-30/h16,18-20,22-26,31,33H,6-15,17,21,27-28H2,1-5H3/q+1. The molecule has 0 heterocycles. The molecule has 0 fully saturated rings. The van der Waals surface area contributed by atoms with Crippen molar-refractivity contribution in [3.8, 4) is 5.75 Å². The molecule has 0 bridgehead atoms. The van der Waals surface area contributed by atoms with Gasteiger partial charge >= 0.3 is 5.97 Å². The number of carbonyl (C=O) groups is 1. The smallest absolute Gasteiger partial charge is 0.317 e. The molecule has 0 amide bonds. The zero-order chi connectivity index (χ0) is 27.6. The predicted molar refractivity (Wildman–Crippen MR) is 159 cm³/mol. The number of quaternary nitrogens is 1. The highest BCUT2D eigenvalue weighted by Crippen LogP contribution is 2.21. The maximum Gasteiger partial charge on any atom is 0.317 e. The highest BCUT2D eigenvalue weighted by Gasteiger charge is 2.30. The molecular formula is C34H54NO3+. The average molecular weight is 525 g/mol. The zero-order valence-electron chi connectivity index (χ0n) is 24.9. The summed E-state index contributed by atoms with van der Waals surface area (Å²) < 4.78 is 12.8. The quantitative estimate of drug-likeness (QED) is 0.0752. The molecule has 2 rings (SSSR count). The minimum atomic E-state index is -0.566. The van der Waals surface area contributed by atoms with Crippen LogP contribution in [0.2, 0.25) is 0 Å². The molecule has 0 aliphatic rings. The summed E-state index contributed by atoms with van der Waals surface area (Å²) in [5.74, 6) is 0.458. The van der Waals surface area contributed by atoms with E-state index in [1.807, 2.05) is 25.1 Å². The fourth-order valence-corrected chi connectivity index (χ4v) is 5.09. The van der Waals surface area contributed by atoms with E-state index in [0.29, 0.717) is 6.42 Å². The van der Waals surface area contributed by atoms with Crippen molar-refractivity contribution < 1.29 is 18.8 Å². The normalized spacial score (nSPS) is 13.2. The summed E-state index contributed by atoms with van der Waals surface area (Å²) in [6.07, 6.45) is 13.9. The van der Waals surface area contributed by atoms with E-state index < -0.39 is 6.29 Å². The maximum absolute atomic E-state index is 13.1. The summed E-state index contributed by atoms with van der Waals surface area (Å²) in [6.45, 7) is 7.94. The lowest BCUT2D eigenvalue weighted by Crippen LogP contribution is -2.45. The first-order chi connectivity index (χ1) is 18.4. The number of hydrogen-bond acceptors (Lipinski definition) is 3. The van der Waals surface area contributed by atoms with Crippen LogP contribution in [0.5, 0.6) is 5.75 Å². The molecule has 38 heavy (non-hydrogen) atoms. The molecular weight excluding hydrogens is 470 g/mol. The Labute approximate surface area is 233 Å². The summed E-state index contributed by atoms with van der Waals surface area (Å²) in [4.78, 5) is 13.1. The highest BCUT2D eigenvalue weighted by atomic mass is 16.7. The van der Waals surface area contributed by atoms with Gasteiger partial charge in [0.05, 0.1) is 20.6 Å². The monoisotopic (exact) mass is 524 g/mol. The molecule has 2 aromatic rings. The Morgan fingerprint density at radius 3 is 2.03 bits per heavy atom. The first-order valence-corrected chi connectivity index (χ1v) is 15.2. The summed E-state index contributed by atoms with van der Waals surface area (Å²) in [6, 6.07) is 18.7. The van der Waals surface area contributed by atoms with Gasteiger partial charge in [-0.3, -0.25) is 4.79 Å². The zero-order valence-corrected chi connectivity index (χ0v) is 24.9. The lowest BCUT2D eigenvalue weighted by atomic mass is 10.0. The number of esters is 1. The molecule has 2 atom stereocenters. The number of unbranched alkanes of at least 4 members (excludes halogenated alkanes) is 8. The van der Waals surface area contributed by atoms with Gasteiger partial charge in [-0.15, -0.1) is 0 Å². The molecule has 0 N–H and O–H groups in total.